The van der Waals surface area contributed by atoms with E-state index in [9.17, 15) is 8.42 Å². The van der Waals surface area contributed by atoms with Crippen LogP contribution < -0.4 is 10.5 Å². The summed E-state index contributed by atoms with van der Waals surface area (Å²) in [4.78, 5) is 0. The monoisotopic (exact) mass is 195 g/mol. The van der Waals surface area contributed by atoms with Crippen LogP contribution in [0.4, 0.5) is 0 Å². The summed E-state index contributed by atoms with van der Waals surface area (Å²) in [5, 5.41) is 11.0. The van der Waals surface area contributed by atoms with Gasteiger partial charge in [-0.05, 0) is 13.8 Å². The lowest BCUT2D eigenvalue weighted by Crippen LogP contribution is -2.52. The number of nitrogens with two attached hydrogens (primary N) is 1. The van der Waals surface area contributed by atoms with Gasteiger partial charge in [0.2, 0.25) is 10.0 Å². The minimum absolute atomic E-state index is 0.187. The second kappa shape index (κ2) is 3.28. The maximum Gasteiger partial charge on any atom is 0.209 e. The molecule has 0 amide bonds. The molecular formula is C5H13N3O3S. The zero-order chi connectivity index (χ0) is 9.99. The van der Waals surface area contributed by atoms with Crippen LogP contribution in [0.1, 0.15) is 13.8 Å². The summed E-state index contributed by atoms with van der Waals surface area (Å²) in [6, 6.07) is 0. The van der Waals surface area contributed by atoms with Gasteiger partial charge in [-0.1, -0.05) is 5.16 Å². The van der Waals surface area contributed by atoms with Crippen molar-refractivity contribution < 1.29 is 13.6 Å². The van der Waals surface area contributed by atoms with E-state index < -0.39 is 15.6 Å². The van der Waals surface area contributed by atoms with Gasteiger partial charge in [-0.3, -0.25) is 0 Å². The van der Waals surface area contributed by atoms with Gasteiger partial charge in [-0.25, -0.2) is 13.1 Å². The Labute approximate surface area is 71.5 Å². The van der Waals surface area contributed by atoms with Crippen LogP contribution in [0.5, 0.6) is 0 Å². The highest BCUT2D eigenvalue weighted by molar-refractivity contribution is 7.88. The molecule has 0 aromatic rings. The molecule has 0 fully saturated rings. The van der Waals surface area contributed by atoms with Crippen LogP contribution in [-0.2, 0) is 10.0 Å². The van der Waals surface area contributed by atoms with Crippen molar-refractivity contribution in [3.63, 3.8) is 0 Å². The van der Waals surface area contributed by atoms with E-state index in [4.69, 9.17) is 10.9 Å². The number of nitrogens with one attached hydrogen (secondary N) is 1. The molecule has 72 valence electrons. The van der Waals surface area contributed by atoms with Crippen LogP contribution in [0.2, 0.25) is 0 Å². The molecule has 0 aliphatic rings. The summed E-state index contributed by atoms with van der Waals surface area (Å²) >= 11 is 0. The molecule has 0 unspecified atom stereocenters. The molecule has 0 radical (unpaired) electrons. The Morgan fingerprint density at radius 2 is 2.00 bits per heavy atom. The molecule has 0 aromatic heterocycles. The first kappa shape index (κ1) is 11.2. The summed E-state index contributed by atoms with van der Waals surface area (Å²) in [6.07, 6.45) is 0.999. The molecule has 0 aromatic carbocycles. The van der Waals surface area contributed by atoms with E-state index in [-0.39, 0.29) is 5.84 Å². The highest BCUT2D eigenvalue weighted by Gasteiger charge is 2.26. The maximum absolute atomic E-state index is 10.8. The number of rotatable bonds is 3. The number of sulfonamides is 1. The summed E-state index contributed by atoms with van der Waals surface area (Å²) in [5.74, 6) is -0.187. The Hall–Kier alpha value is -0.820. The Bertz CT molecular complexity index is 280. The van der Waals surface area contributed by atoms with Gasteiger partial charge in [0.05, 0.1) is 11.8 Å². The molecule has 0 saturated heterocycles. The molecule has 0 spiro atoms. The quantitative estimate of drug-likeness (QED) is 0.234. The Morgan fingerprint density at radius 3 is 2.25 bits per heavy atom. The maximum atomic E-state index is 10.8. The standard InChI is InChI=1S/C5H13N3O3S/c1-5(2,4(6)7-9)8-12(3,10)11/h8-9H,1-3H3,(H2,6,7). The van der Waals surface area contributed by atoms with Gasteiger partial charge in [0.1, 0.15) is 0 Å². The van der Waals surface area contributed by atoms with E-state index in [1.165, 1.54) is 13.8 Å². The Balaban J connectivity index is 4.67. The smallest absolute Gasteiger partial charge is 0.209 e. The van der Waals surface area contributed by atoms with Gasteiger partial charge in [-0.2, -0.15) is 0 Å². The third-order valence-electron chi connectivity index (χ3n) is 1.19. The van der Waals surface area contributed by atoms with E-state index in [1.807, 2.05) is 0 Å². The number of hydrogen-bond acceptors (Lipinski definition) is 4. The van der Waals surface area contributed by atoms with Gasteiger partial charge >= 0.3 is 0 Å². The lowest BCUT2D eigenvalue weighted by atomic mass is 10.1. The van der Waals surface area contributed by atoms with Gasteiger partial charge in [0.25, 0.3) is 0 Å². The fourth-order valence-electron chi connectivity index (χ4n) is 0.641. The van der Waals surface area contributed by atoms with Gasteiger partial charge in [-0.15, -0.1) is 0 Å². The summed E-state index contributed by atoms with van der Waals surface area (Å²) in [7, 11) is -3.36. The van der Waals surface area contributed by atoms with Crippen molar-refractivity contribution in [2.24, 2.45) is 10.9 Å². The highest BCUT2D eigenvalue weighted by atomic mass is 32.2. The highest BCUT2D eigenvalue weighted by Crippen LogP contribution is 2.03. The SMILES string of the molecule is CC(C)(NS(C)(=O)=O)/C(N)=N/O. The van der Waals surface area contributed by atoms with Crippen molar-refractivity contribution in [3.05, 3.63) is 0 Å². The van der Waals surface area contributed by atoms with E-state index in [1.54, 1.807) is 0 Å². The van der Waals surface area contributed by atoms with Gasteiger partial charge < -0.3 is 10.9 Å². The molecule has 4 N–H and O–H groups in total. The average molecular weight is 195 g/mol. The number of nitrogens with zero attached hydrogens (tertiary/aromatic N) is 1. The van der Waals surface area contributed by atoms with E-state index in [2.05, 4.69) is 9.88 Å². The second-order valence-electron chi connectivity index (χ2n) is 2.98. The molecule has 0 saturated carbocycles. The van der Waals surface area contributed by atoms with Crippen molar-refractivity contribution >= 4 is 15.9 Å². The third-order valence-corrected chi connectivity index (χ3v) is 2.07. The predicted molar refractivity (Wildman–Crippen MR) is 45.5 cm³/mol. The van der Waals surface area contributed by atoms with E-state index in [0.717, 1.165) is 6.26 Å². The lowest BCUT2D eigenvalue weighted by molar-refractivity contribution is 0.312. The molecule has 0 atom stereocenters. The Morgan fingerprint density at radius 1 is 1.58 bits per heavy atom. The Kier molecular flexibility index (Phi) is 3.05. The van der Waals surface area contributed by atoms with Crippen LogP contribution >= 0.6 is 0 Å². The van der Waals surface area contributed by atoms with Crippen molar-refractivity contribution in [2.75, 3.05) is 6.26 Å². The van der Waals surface area contributed by atoms with Gasteiger partial charge in [0.15, 0.2) is 5.84 Å². The van der Waals surface area contributed by atoms with E-state index in [0.29, 0.717) is 0 Å². The third kappa shape index (κ3) is 3.54. The van der Waals surface area contributed by atoms with Gasteiger partial charge in [0, 0.05) is 0 Å². The molecule has 12 heavy (non-hydrogen) atoms. The van der Waals surface area contributed by atoms with Crippen molar-refractivity contribution in [1.29, 1.82) is 0 Å². The van der Waals surface area contributed by atoms with Crippen LogP contribution in [0, 0.1) is 0 Å². The zero-order valence-electron chi connectivity index (χ0n) is 7.20. The average Bonchev–Trinajstić information content (AvgIpc) is 1.80. The second-order valence-corrected chi connectivity index (χ2v) is 4.73. The first-order valence-corrected chi connectivity index (χ1v) is 5.05. The van der Waals surface area contributed by atoms with Crippen molar-refractivity contribution in [1.82, 2.24) is 4.72 Å². The molecular weight excluding hydrogens is 182 g/mol. The fourth-order valence-corrected chi connectivity index (χ4v) is 1.67. The normalized spacial score (nSPS) is 14.8. The number of hydrogen-bond donors (Lipinski definition) is 3. The zero-order valence-corrected chi connectivity index (χ0v) is 8.01. The molecule has 0 heterocycles. The molecule has 0 bridgehead atoms. The van der Waals surface area contributed by atoms with E-state index >= 15 is 0 Å². The topological polar surface area (TPSA) is 105 Å². The lowest BCUT2D eigenvalue weighted by Gasteiger charge is -2.22. The number of amidine groups is 1. The first-order valence-electron chi connectivity index (χ1n) is 3.16. The largest absolute Gasteiger partial charge is 0.409 e. The number of oxime groups is 1. The summed E-state index contributed by atoms with van der Waals surface area (Å²) in [6.45, 7) is 2.98. The minimum atomic E-state index is -3.36. The van der Waals surface area contributed by atoms with Crippen LogP contribution in [-0.4, -0.2) is 31.3 Å². The predicted octanol–water partition coefficient (Wildman–Crippen LogP) is -0.939. The molecule has 0 aliphatic carbocycles. The van der Waals surface area contributed by atoms with Crippen LogP contribution in [0.3, 0.4) is 0 Å². The van der Waals surface area contributed by atoms with Crippen LogP contribution in [0.15, 0.2) is 5.16 Å². The minimum Gasteiger partial charge on any atom is -0.409 e. The van der Waals surface area contributed by atoms with Crippen molar-refractivity contribution in [3.8, 4) is 0 Å². The molecule has 0 aliphatic heterocycles. The fraction of sp³-hybridized carbons (Fsp3) is 0.800. The molecule has 6 nitrogen and oxygen atoms in total. The van der Waals surface area contributed by atoms with Crippen molar-refractivity contribution in [2.45, 2.75) is 19.4 Å². The first-order chi connectivity index (χ1) is 5.19. The molecule has 0 rings (SSSR count). The molecule has 7 heteroatoms. The summed E-state index contributed by atoms with van der Waals surface area (Å²) < 4.78 is 23.7. The summed E-state index contributed by atoms with van der Waals surface area (Å²) in [5.41, 5.74) is 4.16. The van der Waals surface area contributed by atoms with Crippen LogP contribution in [0.25, 0.3) is 0 Å².